The van der Waals surface area contributed by atoms with Gasteiger partial charge in [-0.15, -0.1) is 0 Å². The number of aliphatic hydroxyl groups excluding tert-OH is 2. The molecule has 0 aliphatic heterocycles. The Bertz CT molecular complexity index is 291. The Kier molecular flexibility index (Phi) is 5.41. The minimum Gasteiger partial charge on any atom is -0.390 e. The molecule has 0 amide bonds. The van der Waals surface area contributed by atoms with Gasteiger partial charge in [0.2, 0.25) is 0 Å². The lowest BCUT2D eigenvalue weighted by Gasteiger charge is -2.31. The maximum Gasteiger partial charge on any atom is 0.101 e. The molecule has 0 saturated heterocycles. The van der Waals surface area contributed by atoms with Gasteiger partial charge in [-0.1, -0.05) is 32.1 Å². The molecule has 0 aromatic rings. The highest BCUT2D eigenvalue weighted by molar-refractivity contribution is 5.10. The second kappa shape index (κ2) is 6.36. The molecule has 1 aliphatic rings. The zero-order valence-corrected chi connectivity index (χ0v) is 11.3. The largest absolute Gasteiger partial charge is 0.390 e. The van der Waals surface area contributed by atoms with E-state index in [9.17, 15) is 10.2 Å². The number of hydrogen-bond acceptors (Lipinski definition) is 2. The predicted octanol–water partition coefficient (Wildman–Crippen LogP) is 3.06. The van der Waals surface area contributed by atoms with E-state index in [4.69, 9.17) is 0 Å². The summed E-state index contributed by atoms with van der Waals surface area (Å²) < 4.78 is 0. The molecule has 0 aromatic heterocycles. The maximum atomic E-state index is 10.3. The summed E-state index contributed by atoms with van der Waals surface area (Å²) in [5.41, 5.74) is 2.14. The molecule has 98 valence electrons. The van der Waals surface area contributed by atoms with Crippen LogP contribution in [-0.4, -0.2) is 22.4 Å². The first-order chi connectivity index (χ1) is 7.93. The van der Waals surface area contributed by atoms with Crippen molar-refractivity contribution in [3.63, 3.8) is 0 Å². The van der Waals surface area contributed by atoms with E-state index in [-0.39, 0.29) is 5.92 Å². The monoisotopic (exact) mass is 238 g/mol. The number of rotatable bonds is 1. The molecule has 0 radical (unpaired) electrons. The van der Waals surface area contributed by atoms with Crippen molar-refractivity contribution in [3.05, 3.63) is 23.8 Å². The molecule has 0 saturated carbocycles. The number of hydrogen-bond donors (Lipinski definition) is 2. The summed E-state index contributed by atoms with van der Waals surface area (Å²) >= 11 is 0. The van der Waals surface area contributed by atoms with Gasteiger partial charge in [0.05, 0.1) is 6.10 Å². The molecule has 1 aliphatic carbocycles. The molecule has 17 heavy (non-hydrogen) atoms. The van der Waals surface area contributed by atoms with E-state index in [0.717, 1.165) is 31.3 Å². The molecular formula is C15H26O2. The lowest BCUT2D eigenvalue weighted by molar-refractivity contribution is -0.0163. The molecular weight excluding hydrogens is 212 g/mol. The van der Waals surface area contributed by atoms with Crippen molar-refractivity contribution in [1.29, 1.82) is 0 Å². The average Bonchev–Trinajstić information content (AvgIpc) is 2.26. The van der Waals surface area contributed by atoms with Crippen molar-refractivity contribution in [2.45, 2.75) is 58.7 Å². The predicted molar refractivity (Wildman–Crippen MR) is 71.7 cm³/mol. The van der Waals surface area contributed by atoms with Crippen LogP contribution in [0.25, 0.3) is 0 Å². The molecule has 0 unspecified atom stereocenters. The third-order valence-corrected chi connectivity index (χ3v) is 3.87. The van der Waals surface area contributed by atoms with Crippen LogP contribution in [0.3, 0.4) is 0 Å². The van der Waals surface area contributed by atoms with Gasteiger partial charge in [0, 0.05) is 0 Å². The highest BCUT2D eigenvalue weighted by Gasteiger charge is 2.30. The van der Waals surface area contributed by atoms with Gasteiger partial charge in [0.25, 0.3) is 0 Å². The fourth-order valence-electron chi connectivity index (χ4n) is 2.52. The topological polar surface area (TPSA) is 40.5 Å². The van der Waals surface area contributed by atoms with Crippen molar-refractivity contribution < 1.29 is 10.2 Å². The molecule has 0 bridgehead atoms. The van der Waals surface area contributed by atoms with Crippen LogP contribution < -0.4 is 0 Å². The van der Waals surface area contributed by atoms with Crippen LogP contribution in [0, 0.1) is 11.8 Å². The first kappa shape index (κ1) is 14.5. The van der Waals surface area contributed by atoms with E-state index in [0.29, 0.717) is 5.92 Å². The van der Waals surface area contributed by atoms with Crippen LogP contribution in [0.2, 0.25) is 0 Å². The maximum absolute atomic E-state index is 10.3. The Labute approximate surface area is 105 Å². The Hall–Kier alpha value is -0.600. The van der Waals surface area contributed by atoms with E-state index < -0.39 is 12.2 Å². The molecule has 0 fully saturated rings. The highest BCUT2D eigenvalue weighted by Crippen LogP contribution is 2.29. The van der Waals surface area contributed by atoms with Crippen LogP contribution in [0.5, 0.6) is 0 Å². The highest BCUT2D eigenvalue weighted by atomic mass is 16.3. The van der Waals surface area contributed by atoms with Gasteiger partial charge >= 0.3 is 0 Å². The molecule has 0 heterocycles. The Morgan fingerprint density at radius 2 is 1.94 bits per heavy atom. The number of allylic oxidation sites excluding steroid dienone is 2. The van der Waals surface area contributed by atoms with E-state index in [1.54, 1.807) is 0 Å². The SMILES string of the molecule is C=C1CCC=C(C)CC[C@@H](C(C)C)[C@H](O)[C@H]1O. The van der Waals surface area contributed by atoms with E-state index >= 15 is 0 Å². The van der Waals surface area contributed by atoms with Crippen molar-refractivity contribution in [3.8, 4) is 0 Å². The minimum absolute atomic E-state index is 0.142. The summed E-state index contributed by atoms with van der Waals surface area (Å²) in [4.78, 5) is 0. The molecule has 0 aromatic carbocycles. The Morgan fingerprint density at radius 1 is 1.29 bits per heavy atom. The van der Waals surface area contributed by atoms with Gasteiger partial charge in [-0.2, -0.15) is 0 Å². The van der Waals surface area contributed by atoms with Crippen LogP contribution in [0.1, 0.15) is 46.5 Å². The summed E-state index contributed by atoms with van der Waals surface area (Å²) in [6, 6.07) is 0. The van der Waals surface area contributed by atoms with E-state index in [1.165, 1.54) is 5.57 Å². The van der Waals surface area contributed by atoms with Gasteiger partial charge in [-0.25, -0.2) is 0 Å². The first-order valence-corrected chi connectivity index (χ1v) is 6.63. The Morgan fingerprint density at radius 3 is 2.53 bits per heavy atom. The molecule has 1 rings (SSSR count). The summed E-state index contributed by atoms with van der Waals surface area (Å²) in [6.07, 6.45) is 4.42. The average molecular weight is 238 g/mol. The van der Waals surface area contributed by atoms with E-state index in [1.807, 2.05) is 0 Å². The lowest BCUT2D eigenvalue weighted by Crippen LogP contribution is -2.37. The van der Waals surface area contributed by atoms with Crippen LogP contribution >= 0.6 is 0 Å². The zero-order chi connectivity index (χ0) is 13.0. The second-order valence-corrected chi connectivity index (χ2v) is 5.63. The fourth-order valence-corrected chi connectivity index (χ4v) is 2.52. The van der Waals surface area contributed by atoms with Gasteiger partial charge in [-0.05, 0) is 50.0 Å². The molecule has 2 nitrogen and oxygen atoms in total. The number of aliphatic hydroxyl groups is 2. The van der Waals surface area contributed by atoms with Crippen molar-refractivity contribution >= 4 is 0 Å². The van der Waals surface area contributed by atoms with Gasteiger partial charge < -0.3 is 10.2 Å². The van der Waals surface area contributed by atoms with Crippen molar-refractivity contribution in [2.24, 2.45) is 11.8 Å². The molecule has 2 N–H and O–H groups in total. The summed E-state index contributed by atoms with van der Waals surface area (Å²) in [6.45, 7) is 10.3. The summed E-state index contributed by atoms with van der Waals surface area (Å²) in [7, 11) is 0. The van der Waals surface area contributed by atoms with E-state index in [2.05, 4.69) is 33.4 Å². The summed E-state index contributed by atoms with van der Waals surface area (Å²) in [5, 5.41) is 20.3. The second-order valence-electron chi connectivity index (χ2n) is 5.63. The zero-order valence-electron chi connectivity index (χ0n) is 11.3. The standard InChI is InChI=1S/C15H26O2/c1-10(2)13-9-8-11(3)6-5-7-12(4)14(16)15(13)17/h6,10,13-17H,4-5,7-9H2,1-3H3/t13-,14-,15-/m0/s1. The van der Waals surface area contributed by atoms with Gasteiger partial charge in [0.1, 0.15) is 6.10 Å². The first-order valence-electron chi connectivity index (χ1n) is 6.63. The van der Waals surface area contributed by atoms with Crippen LogP contribution in [0.15, 0.2) is 23.8 Å². The molecule has 2 heteroatoms. The van der Waals surface area contributed by atoms with Crippen molar-refractivity contribution in [2.75, 3.05) is 0 Å². The molecule has 0 spiro atoms. The third-order valence-electron chi connectivity index (χ3n) is 3.87. The van der Waals surface area contributed by atoms with Gasteiger partial charge in [-0.3, -0.25) is 0 Å². The van der Waals surface area contributed by atoms with Gasteiger partial charge in [0.15, 0.2) is 0 Å². The minimum atomic E-state index is -0.769. The molecule has 3 atom stereocenters. The van der Waals surface area contributed by atoms with Crippen LogP contribution in [0.4, 0.5) is 0 Å². The lowest BCUT2D eigenvalue weighted by atomic mass is 9.80. The smallest absolute Gasteiger partial charge is 0.101 e. The Balaban J connectivity index is 2.87. The van der Waals surface area contributed by atoms with Crippen molar-refractivity contribution in [1.82, 2.24) is 0 Å². The third kappa shape index (κ3) is 3.97. The van der Waals surface area contributed by atoms with Crippen LogP contribution in [-0.2, 0) is 0 Å². The quantitative estimate of drug-likeness (QED) is 0.689. The fraction of sp³-hybridized carbons (Fsp3) is 0.733. The summed E-state index contributed by atoms with van der Waals surface area (Å²) in [5.74, 6) is 0.517. The normalized spacial score (nSPS) is 32.5.